The average molecular weight is 399 g/mol. The monoisotopic (exact) mass is 399 g/mol. The molecule has 9 heteroatoms. The first-order valence-corrected chi connectivity index (χ1v) is 10.2. The summed E-state index contributed by atoms with van der Waals surface area (Å²) in [4.78, 5) is 31.1. The van der Waals surface area contributed by atoms with Gasteiger partial charge in [-0.2, -0.15) is 4.98 Å². The number of piperazine rings is 2. The largest absolute Gasteiger partial charge is 0.361 e. The van der Waals surface area contributed by atoms with Gasteiger partial charge in [-0.05, 0) is 27.8 Å². The van der Waals surface area contributed by atoms with Crippen molar-refractivity contribution in [1.29, 1.82) is 0 Å². The van der Waals surface area contributed by atoms with Crippen molar-refractivity contribution in [3.05, 3.63) is 28.8 Å². The summed E-state index contributed by atoms with van der Waals surface area (Å²) in [5.74, 6) is 2.32. The van der Waals surface area contributed by atoms with Crippen LogP contribution in [0.3, 0.4) is 0 Å². The number of carbonyl (C=O) groups excluding carboxylic acids is 1. The van der Waals surface area contributed by atoms with Crippen LogP contribution < -0.4 is 9.80 Å². The number of hydrogen-bond donors (Lipinski definition) is 0. The van der Waals surface area contributed by atoms with Crippen molar-refractivity contribution in [2.75, 3.05) is 69.2 Å². The lowest BCUT2D eigenvalue weighted by atomic mass is 10.1. The highest BCUT2D eigenvalue weighted by molar-refractivity contribution is 5.96. The van der Waals surface area contributed by atoms with Crippen LogP contribution in [0, 0.1) is 20.8 Å². The van der Waals surface area contributed by atoms with Gasteiger partial charge in [0.05, 0.1) is 5.69 Å². The molecule has 0 atom stereocenters. The third-order valence-electron chi connectivity index (χ3n) is 5.75. The van der Waals surface area contributed by atoms with Gasteiger partial charge in [-0.3, -0.25) is 4.79 Å². The van der Waals surface area contributed by atoms with E-state index >= 15 is 0 Å². The molecule has 2 aliphatic heterocycles. The van der Waals surface area contributed by atoms with E-state index in [1.165, 1.54) is 0 Å². The summed E-state index contributed by atoms with van der Waals surface area (Å²) >= 11 is 0. The van der Waals surface area contributed by atoms with Crippen LogP contribution in [0.15, 0.2) is 10.6 Å². The Bertz CT molecular complexity index is 861. The Morgan fingerprint density at radius 3 is 2.21 bits per heavy atom. The molecule has 4 rings (SSSR count). The molecule has 2 aromatic rings. The lowest BCUT2D eigenvalue weighted by molar-refractivity contribution is 0.0744. The minimum atomic E-state index is -0.0100. The average Bonchev–Trinajstić information content (AvgIpc) is 3.06. The van der Waals surface area contributed by atoms with Crippen LogP contribution in [0.1, 0.15) is 27.5 Å². The van der Waals surface area contributed by atoms with Crippen LogP contribution in [0.5, 0.6) is 0 Å². The van der Waals surface area contributed by atoms with Crippen LogP contribution in [0.25, 0.3) is 0 Å². The van der Waals surface area contributed by atoms with E-state index in [1.54, 1.807) is 13.8 Å². The summed E-state index contributed by atoms with van der Waals surface area (Å²) < 4.78 is 5.15. The molecule has 0 radical (unpaired) electrons. The molecular weight excluding hydrogens is 370 g/mol. The van der Waals surface area contributed by atoms with Gasteiger partial charge in [0.1, 0.15) is 17.1 Å². The van der Waals surface area contributed by atoms with Crippen molar-refractivity contribution < 1.29 is 9.32 Å². The molecule has 4 heterocycles. The molecule has 0 unspecified atom stereocenters. The Labute approximate surface area is 171 Å². The number of hydrogen-bond acceptors (Lipinski definition) is 8. The van der Waals surface area contributed by atoms with E-state index in [4.69, 9.17) is 9.51 Å². The third-order valence-corrected chi connectivity index (χ3v) is 5.75. The van der Waals surface area contributed by atoms with Gasteiger partial charge in [-0.1, -0.05) is 5.16 Å². The zero-order valence-electron chi connectivity index (χ0n) is 17.7. The number of rotatable bonds is 3. The highest BCUT2D eigenvalue weighted by atomic mass is 16.5. The predicted molar refractivity (Wildman–Crippen MR) is 111 cm³/mol. The molecule has 0 aliphatic carbocycles. The minimum Gasteiger partial charge on any atom is -0.361 e. The second kappa shape index (κ2) is 7.98. The molecule has 0 bridgehead atoms. The predicted octanol–water partition coefficient (Wildman–Crippen LogP) is 1.10. The first-order chi connectivity index (χ1) is 13.9. The Morgan fingerprint density at radius 1 is 0.931 bits per heavy atom. The maximum atomic E-state index is 12.9. The fourth-order valence-electron chi connectivity index (χ4n) is 3.93. The van der Waals surface area contributed by atoms with E-state index in [0.29, 0.717) is 43.2 Å². The van der Waals surface area contributed by atoms with Gasteiger partial charge in [0, 0.05) is 64.1 Å². The van der Waals surface area contributed by atoms with Crippen LogP contribution in [0.4, 0.5) is 11.8 Å². The smallest absolute Gasteiger partial charge is 0.259 e. The highest BCUT2D eigenvalue weighted by Crippen LogP contribution is 2.21. The van der Waals surface area contributed by atoms with E-state index < -0.39 is 0 Å². The number of carbonyl (C=O) groups is 1. The Morgan fingerprint density at radius 2 is 1.59 bits per heavy atom. The summed E-state index contributed by atoms with van der Waals surface area (Å²) in [6, 6.07) is 2.06. The van der Waals surface area contributed by atoms with Gasteiger partial charge in [0.25, 0.3) is 5.91 Å². The molecular formula is C20H29N7O2. The Balaban J connectivity index is 1.44. The van der Waals surface area contributed by atoms with Gasteiger partial charge >= 0.3 is 0 Å². The van der Waals surface area contributed by atoms with E-state index in [-0.39, 0.29) is 5.91 Å². The van der Waals surface area contributed by atoms with Crippen molar-refractivity contribution in [3.63, 3.8) is 0 Å². The quantitative estimate of drug-likeness (QED) is 0.759. The highest BCUT2D eigenvalue weighted by Gasteiger charge is 2.28. The van der Waals surface area contributed by atoms with Crippen molar-refractivity contribution in [2.45, 2.75) is 20.8 Å². The van der Waals surface area contributed by atoms with Crippen LogP contribution >= 0.6 is 0 Å². The summed E-state index contributed by atoms with van der Waals surface area (Å²) in [5.41, 5.74) is 2.20. The molecule has 0 aromatic carbocycles. The summed E-state index contributed by atoms with van der Waals surface area (Å²) in [7, 11) is 2.15. The summed E-state index contributed by atoms with van der Waals surface area (Å²) in [6.07, 6.45) is 0. The van der Waals surface area contributed by atoms with Crippen molar-refractivity contribution in [1.82, 2.24) is 24.9 Å². The lowest BCUT2D eigenvalue weighted by Gasteiger charge is -2.36. The van der Waals surface area contributed by atoms with Gasteiger partial charge in [0.15, 0.2) is 0 Å². The molecule has 156 valence electrons. The fraction of sp³-hybridized carbons (Fsp3) is 0.600. The lowest BCUT2D eigenvalue weighted by Crippen LogP contribution is -2.49. The van der Waals surface area contributed by atoms with E-state index in [1.807, 2.05) is 11.8 Å². The summed E-state index contributed by atoms with van der Waals surface area (Å²) in [5, 5.41) is 3.90. The molecule has 0 spiro atoms. The molecule has 1 amide bonds. The normalized spacial score (nSPS) is 18.4. The minimum absolute atomic E-state index is 0.0100. The number of anilines is 2. The third kappa shape index (κ3) is 4.05. The Kier molecular flexibility index (Phi) is 5.40. The standard InChI is InChI=1S/C20H29N7O2/c1-14-13-17(25-7-5-24(4)6-8-25)22-20(21-14)27-11-9-26(10-12-27)19(28)18-15(2)23-29-16(18)3/h13H,5-12H2,1-4H3. The molecule has 2 aromatic heterocycles. The van der Waals surface area contributed by atoms with Gasteiger partial charge in [0.2, 0.25) is 5.95 Å². The number of likely N-dealkylation sites (N-methyl/N-ethyl adjacent to an activating group) is 1. The van der Waals surface area contributed by atoms with Gasteiger partial charge < -0.3 is 24.1 Å². The molecule has 9 nitrogen and oxygen atoms in total. The first kappa shape index (κ1) is 19.6. The van der Waals surface area contributed by atoms with Crippen LogP contribution in [-0.2, 0) is 0 Å². The van der Waals surface area contributed by atoms with Crippen molar-refractivity contribution >= 4 is 17.7 Å². The van der Waals surface area contributed by atoms with E-state index in [2.05, 4.69) is 38.0 Å². The fourth-order valence-corrected chi connectivity index (χ4v) is 3.93. The number of aromatic nitrogens is 3. The zero-order chi connectivity index (χ0) is 20.5. The number of nitrogens with zero attached hydrogens (tertiary/aromatic N) is 7. The Hall–Kier alpha value is -2.68. The molecule has 0 saturated carbocycles. The second-order valence-electron chi connectivity index (χ2n) is 7.94. The number of aryl methyl sites for hydroxylation is 3. The molecule has 2 aliphatic rings. The molecule has 2 saturated heterocycles. The van der Waals surface area contributed by atoms with E-state index in [9.17, 15) is 4.79 Å². The first-order valence-electron chi connectivity index (χ1n) is 10.2. The van der Waals surface area contributed by atoms with Crippen molar-refractivity contribution in [2.24, 2.45) is 0 Å². The van der Waals surface area contributed by atoms with Crippen LogP contribution in [0.2, 0.25) is 0 Å². The SMILES string of the molecule is Cc1cc(N2CCN(C)CC2)nc(N2CCN(C(=O)c3c(C)noc3C)CC2)n1. The topological polar surface area (TPSA) is 81.8 Å². The molecule has 2 fully saturated rings. The summed E-state index contributed by atoms with van der Waals surface area (Å²) in [6.45, 7) is 12.3. The van der Waals surface area contributed by atoms with Gasteiger partial charge in [-0.25, -0.2) is 4.98 Å². The second-order valence-corrected chi connectivity index (χ2v) is 7.94. The van der Waals surface area contributed by atoms with Crippen LogP contribution in [-0.4, -0.2) is 90.2 Å². The van der Waals surface area contributed by atoms with E-state index in [0.717, 1.165) is 43.6 Å². The maximum Gasteiger partial charge on any atom is 0.259 e. The maximum absolute atomic E-state index is 12.9. The zero-order valence-corrected chi connectivity index (χ0v) is 17.7. The van der Waals surface area contributed by atoms with Crippen molar-refractivity contribution in [3.8, 4) is 0 Å². The van der Waals surface area contributed by atoms with Gasteiger partial charge in [-0.15, -0.1) is 0 Å². The number of amides is 1. The molecule has 29 heavy (non-hydrogen) atoms. The molecule has 0 N–H and O–H groups in total.